The van der Waals surface area contributed by atoms with Crippen LogP contribution in [-0.2, 0) is 20.1 Å². The molecular formula is C44H36GeIrN2O-2. The molecule has 0 unspecified atom stereocenters. The molecule has 5 heteroatoms. The van der Waals surface area contributed by atoms with Crippen LogP contribution in [0.2, 0.25) is 17.3 Å². The Morgan fingerprint density at radius 1 is 0.592 bits per heavy atom. The number of aromatic nitrogens is 2. The molecule has 0 fully saturated rings. The van der Waals surface area contributed by atoms with Crippen LogP contribution in [0.4, 0.5) is 0 Å². The molecule has 3 aromatic heterocycles. The second-order valence-electron chi connectivity index (χ2n) is 13.0. The Labute approximate surface area is 304 Å². The molecule has 3 heterocycles. The average molecular weight is 874 g/mol. The van der Waals surface area contributed by atoms with Crippen molar-refractivity contribution in [1.29, 1.82) is 0 Å². The molecule has 1 radical (unpaired) electrons. The predicted molar refractivity (Wildman–Crippen MR) is 203 cm³/mol. The van der Waals surface area contributed by atoms with E-state index in [0.29, 0.717) is 0 Å². The molecule has 5 aromatic carbocycles. The molecule has 0 bridgehead atoms. The van der Waals surface area contributed by atoms with E-state index in [-0.39, 0.29) is 20.1 Å². The summed E-state index contributed by atoms with van der Waals surface area (Å²) in [5.41, 5.74) is 11.3. The van der Waals surface area contributed by atoms with Gasteiger partial charge in [0.25, 0.3) is 0 Å². The minimum absolute atomic E-state index is 0. The first-order valence-corrected chi connectivity index (χ1v) is 23.6. The zero-order valence-electron chi connectivity index (χ0n) is 28.0. The fourth-order valence-electron chi connectivity index (χ4n) is 5.90. The molecule has 8 aromatic rings. The van der Waals surface area contributed by atoms with Gasteiger partial charge in [0.1, 0.15) is 5.58 Å². The summed E-state index contributed by atoms with van der Waals surface area (Å²) in [5.74, 6) is 7.14. The molecular weight excluding hydrogens is 837 g/mol. The van der Waals surface area contributed by atoms with Gasteiger partial charge < -0.3 is 9.40 Å². The summed E-state index contributed by atoms with van der Waals surface area (Å²) >= 11 is -1.72. The second kappa shape index (κ2) is 14.9. The van der Waals surface area contributed by atoms with Crippen LogP contribution in [0.3, 0.4) is 0 Å². The molecule has 0 aliphatic heterocycles. The third-order valence-electron chi connectivity index (χ3n) is 8.61. The van der Waals surface area contributed by atoms with Gasteiger partial charge >= 0.3 is 99.8 Å². The Balaban J connectivity index is 0.000000208. The van der Waals surface area contributed by atoms with Gasteiger partial charge in [0.2, 0.25) is 0 Å². The largest absolute Gasteiger partial charge is 0 e. The van der Waals surface area contributed by atoms with Crippen molar-refractivity contribution in [3.05, 3.63) is 164 Å². The molecule has 3 nitrogen and oxygen atoms in total. The smallest absolute Gasteiger partial charge is 0 e. The SMILES string of the molecule is Cc1cc(-c2[c-]ccc3c2oc2cc(-c4ccccc4)ccc23)ncc1-c1ccccc1.[CH3][Ge]([CH3])([CH3])[c]1ccc(-c2[c-]cccc2)nc1.[Ir]. The van der Waals surface area contributed by atoms with E-state index in [1.165, 1.54) is 21.1 Å². The van der Waals surface area contributed by atoms with Crippen LogP contribution in [0.1, 0.15) is 5.56 Å². The van der Waals surface area contributed by atoms with Crippen molar-refractivity contribution in [2.24, 2.45) is 0 Å². The normalized spacial score (nSPS) is 11.1. The fraction of sp³-hybridized carbons (Fsp3) is 0.0909. The molecule has 243 valence electrons. The number of nitrogens with zero attached hydrogens (tertiary/aromatic N) is 2. The number of hydrogen-bond donors (Lipinski definition) is 0. The number of benzene rings is 5. The number of furan rings is 1. The maximum Gasteiger partial charge on any atom is 0 e. The number of fused-ring (bicyclic) bond motifs is 3. The van der Waals surface area contributed by atoms with Gasteiger partial charge in [-0.2, -0.15) is 0 Å². The Kier molecular flexibility index (Phi) is 10.4. The Morgan fingerprint density at radius 3 is 1.96 bits per heavy atom. The van der Waals surface area contributed by atoms with Crippen LogP contribution in [0.25, 0.3) is 66.7 Å². The summed E-state index contributed by atoms with van der Waals surface area (Å²) < 4.78 is 7.83. The van der Waals surface area contributed by atoms with Crippen LogP contribution in [0, 0.1) is 19.1 Å². The first kappa shape index (κ1) is 34.3. The molecule has 0 aliphatic rings. The fourth-order valence-corrected chi connectivity index (χ4v) is 8.08. The molecule has 49 heavy (non-hydrogen) atoms. The summed E-state index contributed by atoms with van der Waals surface area (Å²) in [6.07, 6.45) is 3.99. The second-order valence-corrected chi connectivity index (χ2v) is 23.6. The monoisotopic (exact) mass is 875 g/mol. The Morgan fingerprint density at radius 2 is 1.31 bits per heavy atom. The predicted octanol–water partition coefficient (Wildman–Crippen LogP) is 11.2. The van der Waals surface area contributed by atoms with Crippen LogP contribution < -0.4 is 4.40 Å². The quantitative estimate of drug-likeness (QED) is 0.128. The minimum atomic E-state index is -1.72. The van der Waals surface area contributed by atoms with Crippen molar-refractivity contribution in [1.82, 2.24) is 9.97 Å². The summed E-state index contributed by atoms with van der Waals surface area (Å²) in [4.78, 5) is 9.31. The number of aryl methyl sites for hydroxylation is 1. The zero-order chi connectivity index (χ0) is 33.1. The summed E-state index contributed by atoms with van der Waals surface area (Å²) in [7, 11) is 0. The van der Waals surface area contributed by atoms with E-state index in [1.807, 2.05) is 54.9 Å². The first-order chi connectivity index (χ1) is 23.3. The van der Waals surface area contributed by atoms with Gasteiger partial charge in [0, 0.05) is 37.3 Å². The summed E-state index contributed by atoms with van der Waals surface area (Å²) in [6, 6.07) is 52.1. The molecule has 0 aliphatic carbocycles. The maximum atomic E-state index is 6.38. The molecule has 0 saturated carbocycles. The molecule has 0 atom stereocenters. The van der Waals surface area contributed by atoms with Crippen molar-refractivity contribution < 1.29 is 24.5 Å². The number of pyridine rings is 2. The topological polar surface area (TPSA) is 38.9 Å². The van der Waals surface area contributed by atoms with Gasteiger partial charge in [-0.25, -0.2) is 0 Å². The van der Waals surface area contributed by atoms with Gasteiger partial charge in [0.15, 0.2) is 0 Å². The third kappa shape index (κ3) is 7.53. The van der Waals surface area contributed by atoms with Gasteiger partial charge in [-0.05, 0) is 40.9 Å². The van der Waals surface area contributed by atoms with E-state index < -0.39 is 13.3 Å². The van der Waals surface area contributed by atoms with Crippen molar-refractivity contribution in [2.45, 2.75) is 24.2 Å². The standard InChI is InChI=1S/C30H20NO.C14H16GeN.Ir/c1-20-17-28(31-19-27(20)22-11-6-3-7-12-22)26-14-8-13-25-24-16-15-23(18-29(24)32-30(25)26)21-9-4-2-5-10-21;1-15(2,3)13-9-10-14(16-11-13)12-7-5-4-6-8-12;/h2-13,15-19H,1H3;4-7,9-11H,1-3H3;/q2*-1;. The van der Waals surface area contributed by atoms with Crippen molar-refractivity contribution in [3.63, 3.8) is 0 Å². The number of rotatable bonds is 5. The Bertz CT molecular complexity index is 2310. The molecule has 8 rings (SSSR count). The van der Waals surface area contributed by atoms with E-state index in [2.05, 4.69) is 132 Å². The average Bonchev–Trinajstić information content (AvgIpc) is 3.51. The Hall–Kier alpha value is -4.61. The molecule has 0 saturated heterocycles. The van der Waals surface area contributed by atoms with E-state index >= 15 is 0 Å². The van der Waals surface area contributed by atoms with E-state index in [9.17, 15) is 0 Å². The molecule has 0 N–H and O–H groups in total. The molecule has 0 spiro atoms. The van der Waals surface area contributed by atoms with Gasteiger partial charge in [-0.15, -0.1) is 18.2 Å². The van der Waals surface area contributed by atoms with Gasteiger partial charge in [-0.3, -0.25) is 0 Å². The number of hydrogen-bond acceptors (Lipinski definition) is 3. The van der Waals surface area contributed by atoms with Crippen LogP contribution in [0.15, 0.2) is 150 Å². The van der Waals surface area contributed by atoms with Gasteiger partial charge in [-0.1, -0.05) is 89.8 Å². The van der Waals surface area contributed by atoms with Crippen LogP contribution in [0.5, 0.6) is 0 Å². The van der Waals surface area contributed by atoms with Crippen molar-refractivity contribution >= 4 is 39.6 Å². The van der Waals surface area contributed by atoms with E-state index in [1.54, 1.807) is 0 Å². The third-order valence-corrected chi connectivity index (χ3v) is 12.9. The minimum Gasteiger partial charge on any atom is 0 e. The van der Waals surface area contributed by atoms with Gasteiger partial charge in [0.05, 0.1) is 5.58 Å². The molecule has 0 amide bonds. The maximum absolute atomic E-state index is 6.38. The van der Waals surface area contributed by atoms with E-state index in [4.69, 9.17) is 9.40 Å². The van der Waals surface area contributed by atoms with E-state index in [0.717, 1.165) is 55.6 Å². The summed E-state index contributed by atoms with van der Waals surface area (Å²) in [6.45, 7) is 2.12. The van der Waals surface area contributed by atoms with Crippen LogP contribution in [-0.4, -0.2) is 23.2 Å². The first-order valence-electron chi connectivity index (χ1n) is 16.2. The zero-order valence-corrected chi connectivity index (χ0v) is 32.5. The van der Waals surface area contributed by atoms with Crippen molar-refractivity contribution in [2.75, 3.05) is 0 Å². The van der Waals surface area contributed by atoms with Crippen molar-refractivity contribution in [3.8, 4) is 44.8 Å². The van der Waals surface area contributed by atoms with Crippen LogP contribution >= 0.6 is 0 Å². The summed E-state index contributed by atoms with van der Waals surface area (Å²) in [5, 5.41) is 2.19.